The van der Waals surface area contributed by atoms with E-state index in [1.165, 1.54) is 7.11 Å². The summed E-state index contributed by atoms with van der Waals surface area (Å²) >= 11 is 0. The Bertz CT molecular complexity index is 351. The number of benzene rings is 1. The lowest BCUT2D eigenvalue weighted by Crippen LogP contribution is -2.07. The molecule has 0 aromatic heterocycles. The minimum Gasteiger partial charge on any atom is -0.493 e. The van der Waals surface area contributed by atoms with Crippen LogP contribution in [0.25, 0.3) is 0 Å². The fraction of sp³-hybridized carbons (Fsp3) is 0.300. The van der Waals surface area contributed by atoms with Crippen LogP contribution in [0.15, 0.2) is 18.2 Å². The Hall–Kier alpha value is -1.91. The lowest BCUT2D eigenvalue weighted by molar-refractivity contribution is 0.209. The van der Waals surface area contributed by atoms with E-state index in [9.17, 15) is 4.79 Å². The lowest BCUT2D eigenvalue weighted by Gasteiger charge is -2.10. The number of hydrogen-bond donors (Lipinski definition) is 2. The molecule has 0 bridgehead atoms. The minimum atomic E-state index is -1.11. The van der Waals surface area contributed by atoms with E-state index < -0.39 is 6.09 Å². The molecule has 0 fully saturated rings. The fourth-order valence-electron chi connectivity index (χ4n) is 1.15. The Kier molecular flexibility index (Phi) is 3.79. The Morgan fingerprint density at radius 2 is 2.20 bits per heavy atom. The molecule has 0 atom stereocenters. The van der Waals surface area contributed by atoms with Gasteiger partial charge in [0.25, 0.3) is 0 Å². The lowest BCUT2D eigenvalue weighted by atomic mass is 10.3. The standard InChI is InChI=1S/C10H13NO4/c1-3-15-9-6-7(11-10(12)13)4-5-8(9)14-2/h4-6,11H,3H2,1-2H3,(H,12,13). The normalized spacial score (nSPS) is 9.47. The highest BCUT2D eigenvalue weighted by Crippen LogP contribution is 2.30. The number of ether oxygens (including phenoxy) is 2. The predicted molar refractivity (Wildman–Crippen MR) is 55.8 cm³/mol. The molecule has 0 heterocycles. The van der Waals surface area contributed by atoms with Crippen molar-refractivity contribution in [1.29, 1.82) is 0 Å². The van der Waals surface area contributed by atoms with Gasteiger partial charge in [0, 0.05) is 11.8 Å². The average Bonchev–Trinajstić information content (AvgIpc) is 2.18. The first-order valence-corrected chi connectivity index (χ1v) is 4.48. The van der Waals surface area contributed by atoms with E-state index in [2.05, 4.69) is 5.32 Å². The number of anilines is 1. The van der Waals surface area contributed by atoms with Crippen molar-refractivity contribution in [3.63, 3.8) is 0 Å². The van der Waals surface area contributed by atoms with Crippen LogP contribution in [0.3, 0.4) is 0 Å². The zero-order valence-electron chi connectivity index (χ0n) is 8.61. The van der Waals surface area contributed by atoms with Gasteiger partial charge in [-0.3, -0.25) is 5.32 Å². The van der Waals surface area contributed by atoms with Gasteiger partial charge in [0.1, 0.15) is 0 Å². The molecule has 5 nitrogen and oxygen atoms in total. The summed E-state index contributed by atoms with van der Waals surface area (Å²) < 4.78 is 10.3. The molecule has 1 aromatic rings. The van der Waals surface area contributed by atoms with E-state index in [1.807, 2.05) is 6.92 Å². The van der Waals surface area contributed by atoms with Crippen molar-refractivity contribution in [2.24, 2.45) is 0 Å². The molecular weight excluding hydrogens is 198 g/mol. The van der Waals surface area contributed by atoms with Crippen molar-refractivity contribution in [2.45, 2.75) is 6.92 Å². The summed E-state index contributed by atoms with van der Waals surface area (Å²) in [4.78, 5) is 10.4. The molecular formula is C10H13NO4. The highest BCUT2D eigenvalue weighted by molar-refractivity contribution is 5.83. The second-order valence-electron chi connectivity index (χ2n) is 2.73. The molecule has 0 radical (unpaired) electrons. The van der Waals surface area contributed by atoms with Gasteiger partial charge in [-0.2, -0.15) is 0 Å². The summed E-state index contributed by atoms with van der Waals surface area (Å²) in [5, 5.41) is 10.8. The molecule has 15 heavy (non-hydrogen) atoms. The van der Waals surface area contributed by atoms with Crippen LogP contribution in [0.1, 0.15) is 6.92 Å². The SMILES string of the molecule is CCOc1cc(NC(=O)O)ccc1OC. The van der Waals surface area contributed by atoms with Gasteiger partial charge in [0.05, 0.1) is 13.7 Å². The molecule has 82 valence electrons. The first-order chi connectivity index (χ1) is 7.17. The molecule has 1 rings (SSSR count). The number of amides is 1. The van der Waals surface area contributed by atoms with Crippen molar-refractivity contribution in [3.8, 4) is 11.5 Å². The zero-order valence-corrected chi connectivity index (χ0v) is 8.61. The van der Waals surface area contributed by atoms with Gasteiger partial charge in [-0.15, -0.1) is 0 Å². The third-order valence-corrected chi connectivity index (χ3v) is 1.71. The summed E-state index contributed by atoms with van der Waals surface area (Å²) in [5.41, 5.74) is 0.451. The van der Waals surface area contributed by atoms with Gasteiger partial charge in [-0.05, 0) is 19.1 Å². The molecule has 0 aliphatic carbocycles. The second kappa shape index (κ2) is 5.09. The van der Waals surface area contributed by atoms with Gasteiger partial charge < -0.3 is 14.6 Å². The molecule has 0 spiro atoms. The molecule has 0 unspecified atom stereocenters. The monoisotopic (exact) mass is 211 g/mol. The third kappa shape index (κ3) is 3.05. The van der Waals surface area contributed by atoms with Crippen LogP contribution in [0.2, 0.25) is 0 Å². The fourth-order valence-corrected chi connectivity index (χ4v) is 1.15. The summed E-state index contributed by atoms with van der Waals surface area (Å²) in [5.74, 6) is 1.10. The van der Waals surface area contributed by atoms with E-state index in [-0.39, 0.29) is 0 Å². The molecule has 5 heteroatoms. The summed E-state index contributed by atoms with van der Waals surface area (Å²) in [6.07, 6.45) is -1.11. The molecule has 0 aliphatic rings. The topological polar surface area (TPSA) is 67.8 Å². The number of nitrogens with one attached hydrogen (secondary N) is 1. The minimum absolute atomic E-state index is 0.451. The number of methoxy groups -OCH3 is 1. The van der Waals surface area contributed by atoms with Crippen LogP contribution in [0.4, 0.5) is 10.5 Å². The van der Waals surface area contributed by atoms with Crippen molar-refractivity contribution in [2.75, 3.05) is 19.0 Å². The second-order valence-corrected chi connectivity index (χ2v) is 2.73. The van der Waals surface area contributed by atoms with Crippen molar-refractivity contribution in [3.05, 3.63) is 18.2 Å². The van der Waals surface area contributed by atoms with Gasteiger partial charge in [0.15, 0.2) is 11.5 Å². The van der Waals surface area contributed by atoms with E-state index in [4.69, 9.17) is 14.6 Å². The number of rotatable bonds is 4. The molecule has 0 saturated carbocycles. The van der Waals surface area contributed by atoms with Crippen LogP contribution in [0, 0.1) is 0 Å². The Labute approximate surface area is 87.6 Å². The third-order valence-electron chi connectivity index (χ3n) is 1.71. The highest BCUT2D eigenvalue weighted by atomic mass is 16.5. The molecule has 1 amide bonds. The van der Waals surface area contributed by atoms with E-state index in [0.717, 1.165) is 0 Å². The Morgan fingerprint density at radius 3 is 2.73 bits per heavy atom. The average molecular weight is 211 g/mol. The van der Waals surface area contributed by atoms with Crippen molar-refractivity contribution < 1.29 is 19.4 Å². The number of carbonyl (C=O) groups is 1. The van der Waals surface area contributed by atoms with Crippen molar-refractivity contribution in [1.82, 2.24) is 0 Å². The van der Waals surface area contributed by atoms with Crippen LogP contribution in [-0.4, -0.2) is 24.9 Å². The number of hydrogen-bond acceptors (Lipinski definition) is 3. The van der Waals surface area contributed by atoms with Crippen LogP contribution >= 0.6 is 0 Å². The summed E-state index contributed by atoms with van der Waals surface area (Å²) in [6.45, 7) is 2.34. The van der Waals surface area contributed by atoms with Crippen LogP contribution in [-0.2, 0) is 0 Å². The van der Waals surface area contributed by atoms with E-state index >= 15 is 0 Å². The van der Waals surface area contributed by atoms with Gasteiger partial charge in [0.2, 0.25) is 0 Å². The first kappa shape index (κ1) is 11.2. The smallest absolute Gasteiger partial charge is 0.409 e. The maximum atomic E-state index is 10.4. The van der Waals surface area contributed by atoms with Crippen molar-refractivity contribution >= 4 is 11.8 Å². The molecule has 1 aromatic carbocycles. The van der Waals surface area contributed by atoms with Crippen LogP contribution < -0.4 is 14.8 Å². The summed E-state index contributed by atoms with van der Waals surface area (Å²) in [7, 11) is 1.53. The van der Waals surface area contributed by atoms with E-state index in [1.54, 1.807) is 18.2 Å². The predicted octanol–water partition coefficient (Wildman–Crippen LogP) is 2.18. The summed E-state index contributed by atoms with van der Waals surface area (Å²) in [6, 6.07) is 4.84. The highest BCUT2D eigenvalue weighted by Gasteiger charge is 2.06. The Balaban J connectivity index is 2.93. The van der Waals surface area contributed by atoms with Gasteiger partial charge in [-0.1, -0.05) is 0 Å². The van der Waals surface area contributed by atoms with E-state index in [0.29, 0.717) is 23.8 Å². The molecule has 0 saturated heterocycles. The maximum absolute atomic E-state index is 10.4. The molecule has 0 aliphatic heterocycles. The quantitative estimate of drug-likeness (QED) is 0.801. The zero-order chi connectivity index (χ0) is 11.3. The first-order valence-electron chi connectivity index (χ1n) is 4.48. The Morgan fingerprint density at radius 1 is 1.47 bits per heavy atom. The van der Waals surface area contributed by atoms with Gasteiger partial charge in [-0.25, -0.2) is 4.79 Å². The number of carboxylic acid groups (broad SMARTS) is 1. The molecule has 2 N–H and O–H groups in total. The largest absolute Gasteiger partial charge is 0.493 e. The van der Waals surface area contributed by atoms with Gasteiger partial charge >= 0.3 is 6.09 Å². The maximum Gasteiger partial charge on any atom is 0.409 e. The van der Waals surface area contributed by atoms with Crippen LogP contribution in [0.5, 0.6) is 11.5 Å².